The lowest BCUT2D eigenvalue weighted by Crippen LogP contribution is -2.24. The summed E-state index contributed by atoms with van der Waals surface area (Å²) in [5, 5.41) is 0.685. The monoisotopic (exact) mass is 303 g/mol. The number of aromatic nitrogens is 2. The van der Waals surface area contributed by atoms with Crippen LogP contribution in [0.4, 0.5) is 0 Å². The third-order valence-corrected chi connectivity index (χ3v) is 3.85. The van der Waals surface area contributed by atoms with Gasteiger partial charge in [-0.25, -0.2) is 4.98 Å². The van der Waals surface area contributed by atoms with E-state index in [1.807, 2.05) is 25.1 Å². The molecule has 2 heterocycles. The predicted molar refractivity (Wildman–Crippen MR) is 89.4 cm³/mol. The normalized spacial score (nSPS) is 14.9. The minimum Gasteiger partial charge on any atom is -0.388 e. The second-order valence-corrected chi connectivity index (χ2v) is 5.69. The van der Waals surface area contributed by atoms with Gasteiger partial charge in [-0.1, -0.05) is 12.1 Å². The molecular formula is C17H25N3O2. The Morgan fingerprint density at radius 3 is 2.64 bits per heavy atom. The minimum atomic E-state index is -0.0230. The molecule has 22 heavy (non-hydrogen) atoms. The Kier molecular flexibility index (Phi) is 6.10. The van der Waals surface area contributed by atoms with Gasteiger partial charge in [0.2, 0.25) is 0 Å². The number of ether oxygens (including phenoxy) is 1. The number of benzene rings is 1. The van der Waals surface area contributed by atoms with Crippen LogP contribution in [0, 0.1) is 6.92 Å². The van der Waals surface area contributed by atoms with Gasteiger partial charge in [0.15, 0.2) is 0 Å². The van der Waals surface area contributed by atoms with E-state index in [1.165, 1.54) is 25.9 Å². The Hall–Kier alpha value is -1.72. The molecule has 0 amide bonds. The smallest absolute Gasteiger partial charge is 0.258 e. The maximum atomic E-state index is 12.0. The van der Waals surface area contributed by atoms with Gasteiger partial charge < -0.3 is 14.6 Å². The molecule has 3 rings (SSSR count). The van der Waals surface area contributed by atoms with Gasteiger partial charge in [0, 0.05) is 27.2 Å². The number of aryl methyl sites for hydroxylation is 1. The highest BCUT2D eigenvalue weighted by Gasteiger charge is 2.12. The second kappa shape index (κ2) is 8.06. The molecule has 1 aromatic heterocycles. The number of methoxy groups -OCH3 is 1. The van der Waals surface area contributed by atoms with Gasteiger partial charge >= 0.3 is 0 Å². The minimum absolute atomic E-state index is 0.0230. The first-order valence-corrected chi connectivity index (χ1v) is 7.76. The van der Waals surface area contributed by atoms with Crippen LogP contribution in [0.3, 0.4) is 0 Å². The molecule has 1 aromatic carbocycles. The highest BCUT2D eigenvalue weighted by Crippen LogP contribution is 2.13. The predicted octanol–water partition coefficient (Wildman–Crippen LogP) is 2.13. The molecular weight excluding hydrogens is 278 g/mol. The van der Waals surface area contributed by atoms with Crippen molar-refractivity contribution in [1.82, 2.24) is 14.9 Å². The van der Waals surface area contributed by atoms with Crippen molar-refractivity contribution in [3.63, 3.8) is 0 Å². The molecule has 1 aliphatic heterocycles. The molecule has 0 radical (unpaired) electrons. The Morgan fingerprint density at radius 2 is 1.95 bits per heavy atom. The van der Waals surface area contributed by atoms with E-state index in [2.05, 4.69) is 19.6 Å². The van der Waals surface area contributed by atoms with E-state index in [9.17, 15) is 4.79 Å². The first kappa shape index (κ1) is 16.6. The number of para-hydroxylation sites is 1. The zero-order valence-electron chi connectivity index (χ0n) is 13.7. The fourth-order valence-electron chi connectivity index (χ4n) is 2.74. The maximum absolute atomic E-state index is 12.0. The molecule has 1 fully saturated rings. The molecule has 0 unspecified atom stereocenters. The summed E-state index contributed by atoms with van der Waals surface area (Å²) in [6.07, 6.45) is 3.40. The summed E-state index contributed by atoms with van der Waals surface area (Å²) >= 11 is 0. The summed E-state index contributed by atoms with van der Waals surface area (Å²) in [5.41, 5.74) is 1.87. The summed E-state index contributed by atoms with van der Waals surface area (Å²) in [6, 6.07) is 5.73. The molecule has 0 spiro atoms. The zero-order valence-corrected chi connectivity index (χ0v) is 13.7. The van der Waals surface area contributed by atoms with E-state index in [0.29, 0.717) is 5.39 Å². The van der Waals surface area contributed by atoms with Gasteiger partial charge in [-0.05, 0) is 44.5 Å². The van der Waals surface area contributed by atoms with Crippen LogP contribution in [0.5, 0.6) is 0 Å². The number of H-pyrrole nitrogens is 1. The number of likely N-dealkylation sites (tertiary alicyclic amines) is 1. The summed E-state index contributed by atoms with van der Waals surface area (Å²) < 4.78 is 4.25. The van der Waals surface area contributed by atoms with Gasteiger partial charge in [0.05, 0.1) is 10.9 Å². The summed E-state index contributed by atoms with van der Waals surface area (Å²) in [5.74, 6) is 0.804. The van der Waals surface area contributed by atoms with E-state index in [4.69, 9.17) is 0 Å². The van der Waals surface area contributed by atoms with E-state index in [0.717, 1.165) is 29.9 Å². The van der Waals surface area contributed by atoms with Crippen LogP contribution in [-0.4, -0.2) is 48.7 Å². The third kappa shape index (κ3) is 4.15. The Labute approximate surface area is 131 Å². The Bertz CT molecular complexity index is 660. The molecule has 5 heteroatoms. The van der Waals surface area contributed by atoms with Crippen molar-refractivity contribution in [3.05, 3.63) is 39.9 Å². The first-order chi connectivity index (χ1) is 10.7. The number of aromatic amines is 1. The third-order valence-electron chi connectivity index (χ3n) is 3.85. The largest absolute Gasteiger partial charge is 0.388 e. The van der Waals surface area contributed by atoms with Crippen molar-refractivity contribution in [3.8, 4) is 0 Å². The van der Waals surface area contributed by atoms with Gasteiger partial charge in [-0.15, -0.1) is 0 Å². The van der Waals surface area contributed by atoms with Crippen LogP contribution < -0.4 is 5.56 Å². The van der Waals surface area contributed by atoms with Crippen molar-refractivity contribution in [1.29, 1.82) is 0 Å². The van der Waals surface area contributed by atoms with Crippen LogP contribution in [0.2, 0.25) is 0 Å². The molecule has 5 nitrogen and oxygen atoms in total. The van der Waals surface area contributed by atoms with Crippen molar-refractivity contribution in [2.45, 2.75) is 26.2 Å². The average molecular weight is 303 g/mol. The highest BCUT2D eigenvalue weighted by molar-refractivity contribution is 5.80. The molecule has 1 N–H and O–H groups in total. The fraction of sp³-hybridized carbons (Fsp3) is 0.529. The Balaban J connectivity index is 0.000000545. The molecule has 0 bridgehead atoms. The van der Waals surface area contributed by atoms with Crippen LogP contribution in [0.1, 0.15) is 24.2 Å². The van der Waals surface area contributed by atoms with Crippen molar-refractivity contribution in [2.75, 3.05) is 33.9 Å². The van der Waals surface area contributed by atoms with Crippen LogP contribution in [0.15, 0.2) is 23.0 Å². The van der Waals surface area contributed by atoms with Crippen LogP contribution in [0.25, 0.3) is 10.9 Å². The molecule has 1 aliphatic rings. The van der Waals surface area contributed by atoms with Gasteiger partial charge in [0.25, 0.3) is 5.56 Å². The SMILES string of the molecule is COC.Cc1cccc2c(=O)[nH]c(CCN3CCCC3)nc12. The summed E-state index contributed by atoms with van der Waals surface area (Å²) in [6.45, 7) is 5.34. The second-order valence-electron chi connectivity index (χ2n) is 5.69. The van der Waals surface area contributed by atoms with Crippen LogP contribution in [-0.2, 0) is 11.2 Å². The van der Waals surface area contributed by atoms with Gasteiger partial charge in [-0.2, -0.15) is 0 Å². The number of hydrogen-bond donors (Lipinski definition) is 1. The number of rotatable bonds is 3. The highest BCUT2D eigenvalue weighted by atomic mass is 16.4. The number of hydrogen-bond acceptors (Lipinski definition) is 4. The fourth-order valence-corrected chi connectivity index (χ4v) is 2.74. The molecule has 0 aliphatic carbocycles. The molecule has 0 saturated carbocycles. The van der Waals surface area contributed by atoms with Crippen molar-refractivity contribution >= 4 is 10.9 Å². The number of nitrogens with zero attached hydrogens (tertiary/aromatic N) is 2. The number of nitrogens with one attached hydrogen (secondary N) is 1. The van der Waals surface area contributed by atoms with Gasteiger partial charge in [-0.3, -0.25) is 4.79 Å². The van der Waals surface area contributed by atoms with Crippen molar-refractivity contribution < 1.29 is 4.74 Å². The molecule has 0 atom stereocenters. The van der Waals surface area contributed by atoms with E-state index in [1.54, 1.807) is 14.2 Å². The molecule has 1 saturated heterocycles. The van der Waals surface area contributed by atoms with Crippen LogP contribution >= 0.6 is 0 Å². The number of fused-ring (bicyclic) bond motifs is 1. The Morgan fingerprint density at radius 1 is 1.27 bits per heavy atom. The first-order valence-electron chi connectivity index (χ1n) is 7.76. The topological polar surface area (TPSA) is 58.2 Å². The average Bonchev–Trinajstić information content (AvgIpc) is 3.00. The summed E-state index contributed by atoms with van der Waals surface area (Å²) in [7, 11) is 3.25. The van der Waals surface area contributed by atoms with E-state index >= 15 is 0 Å². The molecule has 2 aromatic rings. The maximum Gasteiger partial charge on any atom is 0.258 e. The zero-order chi connectivity index (χ0) is 15.9. The van der Waals surface area contributed by atoms with E-state index < -0.39 is 0 Å². The standard InChI is InChI=1S/C15H19N3O.C2H6O/c1-11-5-4-6-12-14(11)16-13(17-15(12)19)7-10-18-8-2-3-9-18;1-3-2/h4-6H,2-3,7-10H2,1H3,(H,16,17,19);1-2H3. The quantitative estimate of drug-likeness (QED) is 0.944. The van der Waals surface area contributed by atoms with E-state index in [-0.39, 0.29) is 5.56 Å². The lowest BCUT2D eigenvalue weighted by molar-refractivity contribution is 0.277. The lowest BCUT2D eigenvalue weighted by Gasteiger charge is -2.13. The van der Waals surface area contributed by atoms with Gasteiger partial charge in [0.1, 0.15) is 5.82 Å². The summed E-state index contributed by atoms with van der Waals surface area (Å²) in [4.78, 5) is 22.0. The lowest BCUT2D eigenvalue weighted by atomic mass is 10.1. The van der Waals surface area contributed by atoms with Crippen molar-refractivity contribution in [2.24, 2.45) is 0 Å². The molecule has 120 valence electrons.